The maximum Gasteiger partial charge on any atom is 1.00 e. The summed E-state index contributed by atoms with van der Waals surface area (Å²) in [6, 6.07) is 32.2. The number of aromatic nitrogens is 6. The molecule has 0 saturated carbocycles. The maximum absolute atomic E-state index is 13.4. The molecule has 12 rings (SSSR count). The van der Waals surface area contributed by atoms with Crippen molar-refractivity contribution in [1.29, 1.82) is 0 Å². The molecule has 0 unspecified atom stereocenters. The van der Waals surface area contributed by atoms with Crippen LogP contribution in [0.4, 0.5) is 0 Å². The molecule has 1 amide bonds. The summed E-state index contributed by atoms with van der Waals surface area (Å²) < 4.78 is 54.0. The zero-order valence-electron chi connectivity index (χ0n) is 51.0. The minimum atomic E-state index is -1.13. The number of fused-ring (bicyclic) bond motifs is 2. The molecular weight excluding hydrogens is 1170 g/mol. The summed E-state index contributed by atoms with van der Waals surface area (Å²) in [5, 5.41) is 27.4. The van der Waals surface area contributed by atoms with E-state index < -0.39 is 23.3 Å². The van der Waals surface area contributed by atoms with Crippen molar-refractivity contribution < 1.29 is 103 Å². The molecule has 0 bridgehead atoms. The van der Waals surface area contributed by atoms with Gasteiger partial charge < -0.3 is 52.9 Å². The van der Waals surface area contributed by atoms with Crippen LogP contribution in [0.2, 0.25) is 0 Å². The molecule has 460 valence electrons. The summed E-state index contributed by atoms with van der Waals surface area (Å²) in [7, 11) is 2.82. The molecule has 0 aliphatic carbocycles. The molecule has 4 aromatic carbocycles. The number of carboxylic acid groups (broad SMARTS) is 2. The molecule has 21 nitrogen and oxygen atoms in total. The van der Waals surface area contributed by atoms with Gasteiger partial charge in [0.1, 0.15) is 35.8 Å². The first-order chi connectivity index (χ1) is 42.7. The molecule has 89 heavy (non-hydrogen) atoms. The Labute approximate surface area is 542 Å². The summed E-state index contributed by atoms with van der Waals surface area (Å²) in [6.07, 6.45) is 8.41. The van der Waals surface area contributed by atoms with Crippen LogP contribution in [-0.2, 0) is 42.1 Å². The second-order valence-corrected chi connectivity index (χ2v) is 22.0. The maximum atomic E-state index is 13.4. The number of halogens is 1. The smallest absolute Gasteiger partial charge is 0.544 e. The van der Waals surface area contributed by atoms with Crippen LogP contribution in [-0.4, -0.2) is 133 Å². The number of aromatic carboxylic acids is 2. The third-order valence-corrected chi connectivity index (χ3v) is 16.9. The van der Waals surface area contributed by atoms with E-state index in [2.05, 4.69) is 41.1 Å². The van der Waals surface area contributed by atoms with Crippen LogP contribution >= 0.6 is 0 Å². The summed E-state index contributed by atoms with van der Waals surface area (Å²) in [4.78, 5) is 50.8. The van der Waals surface area contributed by atoms with Crippen LogP contribution in [0.25, 0.3) is 34.2 Å². The van der Waals surface area contributed by atoms with Crippen molar-refractivity contribution in [2.75, 3.05) is 53.7 Å². The van der Waals surface area contributed by atoms with Gasteiger partial charge in [0.05, 0.1) is 49.3 Å². The van der Waals surface area contributed by atoms with E-state index in [0.717, 1.165) is 122 Å². The van der Waals surface area contributed by atoms with Gasteiger partial charge in [-0.15, -0.1) is 0 Å². The largest absolute Gasteiger partial charge is 1.00 e. The molecule has 4 aliphatic rings. The Morgan fingerprint density at radius 2 is 1.07 bits per heavy atom. The zero-order valence-corrected chi connectivity index (χ0v) is 53.8. The third-order valence-electron chi connectivity index (χ3n) is 16.9. The molecule has 0 radical (unpaired) electrons. The number of para-hydroxylation sites is 2. The van der Waals surface area contributed by atoms with E-state index in [1.54, 1.807) is 12.1 Å². The number of carbonyl (C=O) groups excluding carboxylic acids is 1. The first kappa shape index (κ1) is 65.7. The third kappa shape index (κ3) is 14.5. The first-order valence-corrected chi connectivity index (χ1v) is 29.8. The number of carbonyl (C=O) groups is 3. The fourth-order valence-corrected chi connectivity index (χ4v) is 12.2. The van der Waals surface area contributed by atoms with Gasteiger partial charge in [-0.25, -0.2) is 19.6 Å². The van der Waals surface area contributed by atoms with Gasteiger partial charge in [0.2, 0.25) is 11.8 Å². The Bertz CT molecular complexity index is 3830. The number of carboxylic acids is 2. The fraction of sp³-hybridized carbons (Fsp3) is 0.348. The van der Waals surface area contributed by atoms with Crippen molar-refractivity contribution in [1.82, 2.24) is 39.3 Å². The average molecular weight is 1240 g/mol. The zero-order chi connectivity index (χ0) is 62.0. The molecule has 8 heterocycles. The van der Waals surface area contributed by atoms with Gasteiger partial charge >= 0.3 is 41.5 Å². The van der Waals surface area contributed by atoms with Gasteiger partial charge in [0.15, 0.2) is 11.6 Å². The molecule has 8 aromatic rings. The molecule has 4 aliphatic heterocycles. The number of hydrogen-bond donors (Lipinski definition) is 2. The van der Waals surface area contributed by atoms with E-state index in [4.69, 9.17) is 47.7 Å². The predicted octanol–water partition coefficient (Wildman–Crippen LogP) is 5.01. The second kappa shape index (κ2) is 30.2. The van der Waals surface area contributed by atoms with E-state index in [-0.39, 0.29) is 64.4 Å². The van der Waals surface area contributed by atoms with Crippen LogP contribution in [0, 0.1) is 39.0 Å². The minimum Gasteiger partial charge on any atom is -0.544 e. The number of rotatable bonds is 16. The van der Waals surface area contributed by atoms with Crippen molar-refractivity contribution in [3.05, 3.63) is 176 Å². The van der Waals surface area contributed by atoms with E-state index in [9.17, 15) is 24.6 Å². The molecule has 0 atom stereocenters. The number of pyridine rings is 2. The van der Waals surface area contributed by atoms with Gasteiger partial charge in [-0.1, -0.05) is 54.6 Å². The van der Waals surface area contributed by atoms with Crippen LogP contribution < -0.4 is 57.8 Å². The fourth-order valence-electron chi connectivity index (χ4n) is 12.2. The Kier molecular flexibility index (Phi) is 22.3. The van der Waals surface area contributed by atoms with Gasteiger partial charge in [0, 0.05) is 74.8 Å². The van der Waals surface area contributed by atoms with Gasteiger partial charge in [-0.05, 0) is 159 Å². The van der Waals surface area contributed by atoms with E-state index in [0.29, 0.717) is 61.2 Å². The van der Waals surface area contributed by atoms with E-state index in [1.807, 2.05) is 91.5 Å². The molecule has 2 saturated heterocycles. The number of hydrogen-bond acceptors (Lipinski definition) is 16. The quantitative estimate of drug-likeness (QED) is 0.120. The Hall–Kier alpha value is -7.70. The van der Waals surface area contributed by atoms with Crippen LogP contribution in [0.5, 0.6) is 23.3 Å². The summed E-state index contributed by atoms with van der Waals surface area (Å²) in [6.45, 7) is 15.1. The molecule has 4 aromatic heterocycles. The minimum absolute atomic E-state index is 0. The van der Waals surface area contributed by atoms with Crippen molar-refractivity contribution >= 4 is 17.8 Å². The first-order valence-electron chi connectivity index (χ1n) is 29.2. The van der Waals surface area contributed by atoms with Crippen molar-refractivity contribution in [3.8, 4) is 57.4 Å². The number of benzene rings is 4. The van der Waals surface area contributed by atoms with Crippen molar-refractivity contribution in [2.24, 2.45) is 0 Å². The molecule has 2 fully saturated rings. The summed E-state index contributed by atoms with van der Waals surface area (Å²) >= 11 is -0.417. The molecule has 2 N–H and O–H groups in total. The van der Waals surface area contributed by atoms with Gasteiger partial charge in [0.25, 0.3) is 5.91 Å². The van der Waals surface area contributed by atoms with E-state index in [1.165, 1.54) is 58.2 Å². The topological polar surface area (TPSA) is 261 Å². The standard InChI is InChI=1S/C33H34N4O6.C33H36N4O5.ClO2.Na/c1-20-6-4-7-26(28-8-5-9-29(35-28)37-32(41-3)27(18-34-37)33(39)40)30(20)43-19-22-10-11-25-24(21(22)2)12-15-36(31(25)38)23-13-16-42-17-14-23;1-21-6-4-7-27(29-8-5-9-30(35-29)37-32(40-3)28(18-34-37)33(38)39)31(21)42-20-24-11-10-23-19-36(15-12-26(23)22(24)2)25-13-16-41-17-14-25;2-1-3;/h4-11,18,23H,12-17,19H2,1-3H3,(H,39,40);4-11,18,25H,12-17,19-20H2,1-3H3,(H,38,39);;/q;;-1;+1. The Morgan fingerprint density at radius 3 is 1.56 bits per heavy atom. The van der Waals surface area contributed by atoms with Crippen LogP contribution in [0.3, 0.4) is 0 Å². The van der Waals surface area contributed by atoms with Crippen LogP contribution in [0.1, 0.15) is 107 Å². The van der Waals surface area contributed by atoms with E-state index >= 15 is 0 Å². The van der Waals surface area contributed by atoms with Crippen molar-refractivity contribution in [3.63, 3.8) is 0 Å². The number of methoxy groups -OCH3 is 2. The second-order valence-electron chi connectivity index (χ2n) is 21.9. The average Bonchev–Trinajstić information content (AvgIpc) is 3.36. The number of amides is 1. The normalized spacial score (nSPS) is 15.1. The summed E-state index contributed by atoms with van der Waals surface area (Å²) in [5.74, 6) is 0.406. The van der Waals surface area contributed by atoms with Crippen molar-refractivity contribution in [2.45, 2.75) is 98.1 Å². The Balaban J connectivity index is 0.000000200. The monoisotopic (exact) mass is 1240 g/mol. The molecule has 23 heteroatoms. The van der Waals surface area contributed by atoms with Gasteiger partial charge in [-0.2, -0.15) is 19.6 Å². The van der Waals surface area contributed by atoms with Gasteiger partial charge in [-0.3, -0.25) is 9.69 Å². The molecular formula is C66H70ClN8NaO13. The number of ether oxygens (including phenoxy) is 6. The number of nitrogens with zero attached hydrogens (tertiary/aromatic N) is 8. The SMILES string of the molecule is COc1c(C(=O)O)cnn1-c1cccc(-c2cccc(C)c2OCc2ccc3c(c2C)CCN(C2CCOCC2)C3)n1.COc1c(C(=O)O)cnn1-c1cccc(-c2cccc(C)c2OCc2ccc3c(c2C)CCN(C2CCOCC2)C3=O)n1.[Na+].[O-][Cl+][O-]. The Morgan fingerprint density at radius 1 is 0.607 bits per heavy atom. The predicted molar refractivity (Wildman–Crippen MR) is 318 cm³/mol. The number of aryl methyl sites for hydroxylation is 2. The molecule has 0 spiro atoms. The van der Waals surface area contributed by atoms with Crippen LogP contribution in [0.15, 0.2) is 109 Å². The summed E-state index contributed by atoms with van der Waals surface area (Å²) in [5.41, 5.74) is 14.3.